The van der Waals surface area contributed by atoms with Gasteiger partial charge in [0.2, 0.25) is 0 Å². The first-order chi connectivity index (χ1) is 6.22. The van der Waals surface area contributed by atoms with Crippen LogP contribution in [0.15, 0.2) is 0 Å². The van der Waals surface area contributed by atoms with Gasteiger partial charge in [-0.2, -0.15) is 0 Å². The van der Waals surface area contributed by atoms with Crippen molar-refractivity contribution in [2.24, 2.45) is 0 Å². The van der Waals surface area contributed by atoms with Gasteiger partial charge in [-0.1, -0.05) is 0 Å². The Morgan fingerprint density at radius 2 is 1.00 bits per heavy atom. The Morgan fingerprint density at radius 3 is 1.00 bits per heavy atom. The van der Waals surface area contributed by atoms with E-state index in [1.165, 1.54) is 0 Å². The summed E-state index contributed by atoms with van der Waals surface area (Å²) in [6.45, 7) is 11.5. The van der Waals surface area contributed by atoms with Crippen LogP contribution in [0.25, 0.3) is 0 Å². The van der Waals surface area contributed by atoms with E-state index in [-0.39, 0.29) is 0 Å². The molecule has 0 aromatic heterocycles. The number of carbonyl (C=O) groups is 2. The molecule has 0 aromatic carbocycles. The minimum atomic E-state index is -4.60. The molecule has 0 amide bonds. The molecule has 98 valence electrons. The standard InChI is InChI=1S/2C3H9P.2CHO.2ClH.Fe/c2*1-4(2)3;2*1-2;;;/h2*1-3H3;2*1H;2*1H;. The molecule has 7 heteroatoms. The van der Waals surface area contributed by atoms with Crippen LogP contribution >= 0.6 is 32.1 Å². The van der Waals surface area contributed by atoms with E-state index in [1.54, 1.807) is 0 Å². The molecular formula is C8H22Cl2FeO2P2. The van der Waals surface area contributed by atoms with Crippen molar-refractivity contribution < 1.29 is 17.6 Å². The van der Waals surface area contributed by atoms with Crippen LogP contribution in [0.2, 0.25) is 0 Å². The molecule has 2 nitrogen and oxygen atoms in total. The number of carbonyl (C=O) groups excluding carboxylic acids is 2. The van der Waals surface area contributed by atoms with Crippen LogP contribution in [0.5, 0.6) is 0 Å². The molecule has 0 fully saturated rings. The Hall–Kier alpha value is 1.30. The van der Waals surface area contributed by atoms with Crippen molar-refractivity contribution in [3.63, 3.8) is 0 Å². The summed E-state index contributed by atoms with van der Waals surface area (Å²) in [6.07, 6.45) is 0. The SMILES string of the molecule is C[PH](C)(C)[Fe]([Cl])([Cl])([CH]=O)([CH]=O)[PH](C)(C)C. The summed E-state index contributed by atoms with van der Waals surface area (Å²) in [5, 5.41) is 1.27. The van der Waals surface area contributed by atoms with E-state index in [0.717, 1.165) is 0 Å². The maximum absolute atomic E-state index is 11.6. The van der Waals surface area contributed by atoms with Gasteiger partial charge in [-0.25, -0.2) is 0 Å². The van der Waals surface area contributed by atoms with E-state index in [9.17, 15) is 9.59 Å². The van der Waals surface area contributed by atoms with Gasteiger partial charge < -0.3 is 0 Å². The maximum atomic E-state index is 11.6. The van der Waals surface area contributed by atoms with Gasteiger partial charge >= 0.3 is 100 Å². The first-order valence-corrected chi connectivity index (χ1v) is 18.8. The van der Waals surface area contributed by atoms with Crippen molar-refractivity contribution in [1.29, 1.82) is 0 Å². The van der Waals surface area contributed by atoms with Gasteiger partial charge in [-0.15, -0.1) is 0 Å². The molecule has 0 aliphatic carbocycles. The number of halogens is 2. The van der Waals surface area contributed by atoms with Crippen LogP contribution in [0.1, 0.15) is 0 Å². The number of hydrogen-bond acceptors (Lipinski definition) is 2. The van der Waals surface area contributed by atoms with Gasteiger partial charge in [0.15, 0.2) is 0 Å². The van der Waals surface area contributed by atoms with Crippen LogP contribution in [0.3, 0.4) is 0 Å². The van der Waals surface area contributed by atoms with Crippen molar-refractivity contribution in [1.82, 2.24) is 0 Å². The van der Waals surface area contributed by atoms with Crippen molar-refractivity contribution >= 4 is 42.5 Å². The second-order valence-electron chi connectivity index (χ2n) is 5.47. The van der Waals surface area contributed by atoms with Gasteiger partial charge in [-0.3, -0.25) is 0 Å². The monoisotopic (exact) mass is 338 g/mol. The first kappa shape index (κ1) is 16.3. The fourth-order valence-corrected chi connectivity index (χ4v) is 35.8. The molecule has 0 saturated heterocycles. The summed E-state index contributed by atoms with van der Waals surface area (Å²) in [7, 11) is 8.75. The van der Waals surface area contributed by atoms with Crippen molar-refractivity contribution in [3.05, 3.63) is 0 Å². The Bertz CT molecular complexity index is 297. The van der Waals surface area contributed by atoms with E-state index >= 15 is 0 Å². The molecule has 15 heavy (non-hydrogen) atoms. The van der Waals surface area contributed by atoms with Crippen LogP contribution in [0.4, 0.5) is 0 Å². The zero-order valence-corrected chi connectivity index (χ0v) is 14.7. The van der Waals surface area contributed by atoms with E-state index < -0.39 is 19.9 Å². The predicted molar refractivity (Wildman–Crippen MR) is 77.4 cm³/mol. The number of hydrogen-bond donors (Lipinski definition) is 0. The van der Waals surface area contributed by atoms with Gasteiger partial charge in [0.1, 0.15) is 0 Å². The molecule has 0 rings (SSSR count). The van der Waals surface area contributed by atoms with Crippen LogP contribution in [-0.2, 0) is 17.6 Å². The molecular weight excluding hydrogens is 317 g/mol. The van der Waals surface area contributed by atoms with Crippen molar-refractivity contribution in [3.8, 4) is 0 Å². The molecule has 0 atom stereocenters. The Morgan fingerprint density at radius 1 is 0.800 bits per heavy atom. The fraction of sp³-hybridized carbons (Fsp3) is 0.750. The summed E-state index contributed by atoms with van der Waals surface area (Å²) in [4.78, 5) is 23.3. The quantitative estimate of drug-likeness (QED) is 0.448. The third-order valence-electron chi connectivity index (χ3n) is 2.95. The predicted octanol–water partition coefficient (Wildman–Crippen LogP) is 3.01. The van der Waals surface area contributed by atoms with Gasteiger partial charge in [-0.05, 0) is 0 Å². The normalized spacial score (nSPS) is 21.1. The Labute approximate surface area is 99.7 Å². The summed E-state index contributed by atoms with van der Waals surface area (Å²) < 4.78 is 0. The molecule has 0 aliphatic heterocycles. The fourth-order valence-electron chi connectivity index (χ4n) is 1.32. The van der Waals surface area contributed by atoms with E-state index in [4.69, 9.17) is 20.2 Å². The van der Waals surface area contributed by atoms with E-state index in [1.807, 2.05) is 40.0 Å². The first-order valence-electron chi connectivity index (χ1n) is 4.50. The average Bonchev–Trinajstić information content (AvgIpc) is 2.01. The topological polar surface area (TPSA) is 34.1 Å². The van der Waals surface area contributed by atoms with Crippen molar-refractivity contribution in [2.45, 2.75) is 0 Å². The van der Waals surface area contributed by atoms with E-state index in [2.05, 4.69) is 0 Å². The molecule has 0 aromatic rings. The molecule has 0 bridgehead atoms. The van der Waals surface area contributed by atoms with Gasteiger partial charge in [0.05, 0.1) is 0 Å². The summed E-state index contributed by atoms with van der Waals surface area (Å²) >= 11 is 0. The number of rotatable bonds is 4. The molecule has 0 radical (unpaired) electrons. The van der Waals surface area contributed by atoms with E-state index in [0.29, 0.717) is 10.4 Å². The van der Waals surface area contributed by atoms with Crippen molar-refractivity contribution in [2.75, 3.05) is 40.0 Å². The Balaban J connectivity index is 6.56. The van der Waals surface area contributed by atoms with Gasteiger partial charge in [0.25, 0.3) is 0 Å². The third kappa shape index (κ3) is 1.59. The van der Waals surface area contributed by atoms with Gasteiger partial charge in [0, 0.05) is 0 Å². The zero-order chi connectivity index (χ0) is 12.8. The minimum absolute atomic E-state index is 0.633. The van der Waals surface area contributed by atoms with Crippen LogP contribution < -0.4 is 0 Å². The molecule has 0 spiro atoms. The molecule has 0 saturated carbocycles. The average molecular weight is 339 g/mol. The Kier molecular flexibility index (Phi) is 3.70. The second-order valence-corrected chi connectivity index (χ2v) is 47.2. The summed E-state index contributed by atoms with van der Waals surface area (Å²) in [6, 6.07) is 0. The molecule has 0 unspecified atom stereocenters. The van der Waals surface area contributed by atoms with Crippen LogP contribution in [0, 0.1) is 0 Å². The second kappa shape index (κ2) is 3.41. The zero-order valence-electron chi connectivity index (χ0n) is 10.1. The van der Waals surface area contributed by atoms with Crippen LogP contribution in [-0.4, -0.2) is 50.4 Å². The molecule has 0 heterocycles. The summed E-state index contributed by atoms with van der Waals surface area (Å²) in [5.74, 6) is -4.64. The summed E-state index contributed by atoms with van der Waals surface area (Å²) in [5.41, 5.74) is 0. The molecule has 0 N–H and O–H groups in total. The molecule has 0 aliphatic rings. The third-order valence-corrected chi connectivity index (χ3v) is 68.6.